The second kappa shape index (κ2) is 6.41. The van der Waals surface area contributed by atoms with Crippen molar-refractivity contribution < 1.29 is 4.79 Å². The van der Waals surface area contributed by atoms with Gasteiger partial charge in [0.2, 0.25) is 5.12 Å². The van der Waals surface area contributed by atoms with Gasteiger partial charge in [0.1, 0.15) is 0 Å². The Morgan fingerprint density at radius 1 is 1.47 bits per heavy atom. The highest BCUT2D eigenvalue weighted by molar-refractivity contribution is 8.14. The van der Waals surface area contributed by atoms with E-state index in [1.807, 2.05) is 18.2 Å². The van der Waals surface area contributed by atoms with Gasteiger partial charge in [0, 0.05) is 28.2 Å². The van der Waals surface area contributed by atoms with Gasteiger partial charge in [0.05, 0.1) is 0 Å². The van der Waals surface area contributed by atoms with E-state index >= 15 is 0 Å². The molecule has 1 aliphatic heterocycles. The number of hydrogen-bond acceptors (Lipinski definition) is 3. The van der Waals surface area contributed by atoms with Crippen LogP contribution < -0.4 is 10.6 Å². The van der Waals surface area contributed by atoms with Crippen molar-refractivity contribution in [1.29, 1.82) is 0 Å². The van der Waals surface area contributed by atoms with Gasteiger partial charge in [-0.3, -0.25) is 4.79 Å². The second-order valence-corrected chi connectivity index (χ2v) is 5.81. The van der Waals surface area contributed by atoms with Crippen molar-refractivity contribution in [3.05, 3.63) is 40.6 Å². The van der Waals surface area contributed by atoms with Crippen LogP contribution in [0.5, 0.6) is 0 Å². The highest BCUT2D eigenvalue weighted by atomic mass is 35.5. The number of benzene rings is 1. The minimum atomic E-state index is 0.0562. The SMILES string of the molecule is CCc1ccc(NC(=S)NC2=CC(=O)SC2)cc1Cl. The van der Waals surface area contributed by atoms with Gasteiger partial charge in [-0.2, -0.15) is 0 Å². The van der Waals surface area contributed by atoms with Crippen molar-refractivity contribution >= 4 is 51.5 Å². The molecule has 0 spiro atoms. The number of halogens is 1. The molecule has 1 aromatic rings. The van der Waals surface area contributed by atoms with Crippen molar-refractivity contribution in [1.82, 2.24) is 5.32 Å². The third-order valence-corrected chi connectivity index (χ3v) is 4.04. The van der Waals surface area contributed by atoms with E-state index in [-0.39, 0.29) is 5.12 Å². The minimum absolute atomic E-state index is 0.0562. The molecule has 0 radical (unpaired) electrons. The van der Waals surface area contributed by atoms with Crippen LogP contribution in [-0.2, 0) is 11.2 Å². The summed E-state index contributed by atoms with van der Waals surface area (Å²) in [4.78, 5) is 11.1. The van der Waals surface area contributed by atoms with E-state index in [4.69, 9.17) is 23.8 Å². The van der Waals surface area contributed by atoms with Gasteiger partial charge in [0.25, 0.3) is 0 Å². The zero-order valence-electron chi connectivity index (χ0n) is 10.3. The fraction of sp³-hybridized carbons (Fsp3) is 0.231. The molecule has 3 nitrogen and oxygen atoms in total. The number of hydrogen-bond donors (Lipinski definition) is 2. The van der Waals surface area contributed by atoms with Crippen LogP contribution in [0.2, 0.25) is 5.02 Å². The van der Waals surface area contributed by atoms with E-state index in [0.717, 1.165) is 28.4 Å². The Morgan fingerprint density at radius 3 is 2.84 bits per heavy atom. The molecule has 19 heavy (non-hydrogen) atoms. The van der Waals surface area contributed by atoms with Gasteiger partial charge in [-0.25, -0.2) is 0 Å². The Hall–Kier alpha value is -1.04. The Morgan fingerprint density at radius 2 is 2.26 bits per heavy atom. The smallest absolute Gasteiger partial charge is 0.214 e. The van der Waals surface area contributed by atoms with Crippen molar-refractivity contribution in [3.8, 4) is 0 Å². The number of carbonyl (C=O) groups excluding carboxylic acids is 1. The van der Waals surface area contributed by atoms with Crippen LogP contribution in [-0.4, -0.2) is 16.0 Å². The summed E-state index contributed by atoms with van der Waals surface area (Å²) in [5.41, 5.74) is 2.76. The summed E-state index contributed by atoms with van der Waals surface area (Å²) in [6.07, 6.45) is 2.46. The Kier molecular flexibility index (Phi) is 4.85. The van der Waals surface area contributed by atoms with Crippen molar-refractivity contribution in [2.45, 2.75) is 13.3 Å². The van der Waals surface area contributed by atoms with Crippen LogP contribution in [0, 0.1) is 0 Å². The predicted molar refractivity (Wildman–Crippen MR) is 85.7 cm³/mol. The first-order valence-electron chi connectivity index (χ1n) is 5.82. The standard InChI is InChI=1S/C13H13ClN2OS2/c1-2-8-3-4-9(5-11(8)14)15-13(18)16-10-6-12(17)19-7-10/h3-6H,2,7H2,1H3,(H2,15,16,18). The van der Waals surface area contributed by atoms with E-state index in [1.165, 1.54) is 11.8 Å². The molecule has 0 amide bonds. The zero-order chi connectivity index (χ0) is 13.8. The maximum Gasteiger partial charge on any atom is 0.214 e. The first-order chi connectivity index (χ1) is 9.08. The fourth-order valence-electron chi connectivity index (χ4n) is 1.67. The first-order valence-corrected chi connectivity index (χ1v) is 7.59. The van der Waals surface area contributed by atoms with Crippen LogP contribution in [0.4, 0.5) is 5.69 Å². The van der Waals surface area contributed by atoms with Crippen LogP contribution in [0.15, 0.2) is 30.0 Å². The zero-order valence-corrected chi connectivity index (χ0v) is 12.7. The largest absolute Gasteiger partial charge is 0.335 e. The Bertz CT molecular complexity index is 558. The predicted octanol–water partition coefficient (Wildman–Crippen LogP) is 3.35. The van der Waals surface area contributed by atoms with Crippen molar-refractivity contribution in [2.24, 2.45) is 0 Å². The molecule has 0 saturated carbocycles. The molecule has 0 aromatic heterocycles. The summed E-state index contributed by atoms with van der Waals surface area (Å²) >= 11 is 12.6. The lowest BCUT2D eigenvalue weighted by Crippen LogP contribution is -2.28. The molecule has 1 heterocycles. The number of anilines is 1. The van der Waals surface area contributed by atoms with E-state index in [0.29, 0.717) is 10.9 Å². The molecule has 0 aliphatic carbocycles. The molecular formula is C13H13ClN2OS2. The highest BCUT2D eigenvalue weighted by Crippen LogP contribution is 2.21. The lowest BCUT2D eigenvalue weighted by atomic mass is 10.1. The topological polar surface area (TPSA) is 41.1 Å². The average molecular weight is 313 g/mol. The molecule has 1 aliphatic rings. The summed E-state index contributed by atoms with van der Waals surface area (Å²) in [6, 6.07) is 5.75. The molecule has 0 unspecified atom stereocenters. The van der Waals surface area contributed by atoms with Gasteiger partial charge >= 0.3 is 0 Å². The van der Waals surface area contributed by atoms with Gasteiger partial charge in [-0.15, -0.1) is 0 Å². The number of nitrogens with one attached hydrogen (secondary N) is 2. The Labute approximate surface area is 126 Å². The van der Waals surface area contributed by atoms with Gasteiger partial charge in [-0.1, -0.05) is 36.4 Å². The van der Waals surface area contributed by atoms with E-state index in [2.05, 4.69) is 17.6 Å². The van der Waals surface area contributed by atoms with Gasteiger partial charge in [0.15, 0.2) is 5.11 Å². The third-order valence-electron chi connectivity index (χ3n) is 2.63. The van der Waals surface area contributed by atoms with Gasteiger partial charge in [-0.05, 0) is 36.3 Å². The third kappa shape index (κ3) is 3.96. The number of rotatable bonds is 3. The molecule has 1 aromatic carbocycles. The monoisotopic (exact) mass is 312 g/mol. The molecule has 2 rings (SSSR count). The number of carbonyl (C=O) groups is 1. The number of aryl methyl sites for hydroxylation is 1. The highest BCUT2D eigenvalue weighted by Gasteiger charge is 2.13. The molecular weight excluding hydrogens is 300 g/mol. The Balaban J connectivity index is 1.97. The van der Waals surface area contributed by atoms with E-state index < -0.39 is 0 Å². The van der Waals surface area contributed by atoms with Crippen molar-refractivity contribution in [2.75, 3.05) is 11.1 Å². The lowest BCUT2D eigenvalue weighted by Gasteiger charge is -2.11. The second-order valence-electron chi connectivity index (χ2n) is 4.02. The molecule has 100 valence electrons. The quantitative estimate of drug-likeness (QED) is 0.838. The van der Waals surface area contributed by atoms with Crippen molar-refractivity contribution in [3.63, 3.8) is 0 Å². The normalized spacial score (nSPS) is 14.2. The fourth-order valence-corrected chi connectivity index (χ4v) is 2.91. The molecule has 0 bridgehead atoms. The molecule has 0 saturated heterocycles. The van der Waals surface area contributed by atoms with Crippen LogP contribution >= 0.6 is 35.6 Å². The number of thiocarbonyl (C=S) groups is 1. The molecule has 2 N–H and O–H groups in total. The number of thioether (sulfide) groups is 1. The molecule has 6 heteroatoms. The summed E-state index contributed by atoms with van der Waals surface area (Å²) < 4.78 is 0. The van der Waals surface area contributed by atoms with Gasteiger partial charge < -0.3 is 10.6 Å². The van der Waals surface area contributed by atoms with Crippen LogP contribution in [0.25, 0.3) is 0 Å². The lowest BCUT2D eigenvalue weighted by molar-refractivity contribution is -0.106. The summed E-state index contributed by atoms with van der Waals surface area (Å²) in [5, 5.41) is 7.29. The maximum absolute atomic E-state index is 11.1. The van der Waals surface area contributed by atoms with Crippen LogP contribution in [0.1, 0.15) is 12.5 Å². The molecule has 0 atom stereocenters. The van der Waals surface area contributed by atoms with E-state index in [9.17, 15) is 4.79 Å². The maximum atomic E-state index is 11.1. The summed E-state index contributed by atoms with van der Waals surface area (Å²) in [6.45, 7) is 2.06. The summed E-state index contributed by atoms with van der Waals surface area (Å²) in [7, 11) is 0. The first kappa shape index (κ1) is 14.4. The van der Waals surface area contributed by atoms with Crippen LogP contribution in [0.3, 0.4) is 0 Å². The summed E-state index contributed by atoms with van der Waals surface area (Å²) in [5.74, 6) is 0.635. The molecule has 0 fully saturated rings. The minimum Gasteiger partial charge on any atom is -0.335 e. The van der Waals surface area contributed by atoms with E-state index in [1.54, 1.807) is 6.08 Å². The average Bonchev–Trinajstić information content (AvgIpc) is 2.74.